The Balaban J connectivity index is 0. The quantitative estimate of drug-likeness (QED) is 0.590. The predicted octanol–water partition coefficient (Wildman–Crippen LogP) is 2.81. The molecular formula is C11H25NO. The summed E-state index contributed by atoms with van der Waals surface area (Å²) in [4.78, 5) is 0. The van der Waals surface area contributed by atoms with Gasteiger partial charge in [-0.1, -0.05) is 20.4 Å². The SMILES string of the molecule is C=C(NCCCCOCC)C(C)C.[HH]. The zero-order chi connectivity index (χ0) is 10.1. The predicted molar refractivity (Wildman–Crippen MR) is 59.8 cm³/mol. The van der Waals surface area contributed by atoms with Gasteiger partial charge in [0.15, 0.2) is 0 Å². The maximum Gasteiger partial charge on any atom is 0.0466 e. The van der Waals surface area contributed by atoms with Crippen LogP contribution in [0.1, 0.15) is 35.0 Å². The summed E-state index contributed by atoms with van der Waals surface area (Å²) < 4.78 is 5.24. The lowest BCUT2D eigenvalue weighted by Crippen LogP contribution is -2.17. The summed E-state index contributed by atoms with van der Waals surface area (Å²) in [6.07, 6.45) is 2.29. The van der Waals surface area contributed by atoms with E-state index >= 15 is 0 Å². The van der Waals surface area contributed by atoms with Crippen LogP contribution in [0, 0.1) is 5.92 Å². The van der Waals surface area contributed by atoms with Gasteiger partial charge < -0.3 is 10.1 Å². The minimum atomic E-state index is 0. The van der Waals surface area contributed by atoms with Crippen molar-refractivity contribution in [2.45, 2.75) is 33.6 Å². The van der Waals surface area contributed by atoms with Gasteiger partial charge in [0, 0.05) is 26.9 Å². The molecule has 0 amide bonds. The second kappa shape index (κ2) is 8.11. The Labute approximate surface area is 83.8 Å². The van der Waals surface area contributed by atoms with Gasteiger partial charge in [0.05, 0.1) is 0 Å². The van der Waals surface area contributed by atoms with Crippen LogP contribution in [0.25, 0.3) is 0 Å². The summed E-state index contributed by atoms with van der Waals surface area (Å²) in [5.41, 5.74) is 1.14. The van der Waals surface area contributed by atoms with Gasteiger partial charge in [0.1, 0.15) is 0 Å². The maximum atomic E-state index is 5.24. The standard InChI is InChI=1S/C11H23NO.H2/c1-5-13-9-7-6-8-12-11(4)10(2)3;/h10,12H,4-9H2,1-3H3;1H. The first-order valence-electron chi connectivity index (χ1n) is 5.18. The summed E-state index contributed by atoms with van der Waals surface area (Å²) in [7, 11) is 0. The van der Waals surface area contributed by atoms with E-state index in [9.17, 15) is 0 Å². The van der Waals surface area contributed by atoms with Crippen molar-refractivity contribution in [3.8, 4) is 0 Å². The first-order valence-corrected chi connectivity index (χ1v) is 5.18. The van der Waals surface area contributed by atoms with E-state index < -0.39 is 0 Å². The fraction of sp³-hybridized carbons (Fsp3) is 0.818. The average molecular weight is 187 g/mol. The smallest absolute Gasteiger partial charge is 0.0466 e. The third-order valence-corrected chi connectivity index (χ3v) is 1.97. The Kier molecular flexibility index (Phi) is 7.80. The lowest BCUT2D eigenvalue weighted by molar-refractivity contribution is 0.143. The van der Waals surface area contributed by atoms with Crippen LogP contribution < -0.4 is 5.32 Å². The summed E-state index contributed by atoms with van der Waals surface area (Å²) in [5, 5.41) is 3.31. The van der Waals surface area contributed by atoms with Crippen molar-refractivity contribution >= 4 is 0 Å². The molecule has 0 saturated carbocycles. The highest BCUT2D eigenvalue weighted by atomic mass is 16.5. The molecule has 2 heteroatoms. The molecule has 0 aliphatic heterocycles. The monoisotopic (exact) mass is 187 g/mol. The molecule has 0 rings (SSSR count). The molecule has 0 atom stereocenters. The molecule has 2 nitrogen and oxygen atoms in total. The van der Waals surface area contributed by atoms with E-state index in [1.54, 1.807) is 0 Å². The Bertz CT molecular complexity index is 137. The molecule has 0 aliphatic rings. The highest BCUT2D eigenvalue weighted by Crippen LogP contribution is 2.02. The number of unbranched alkanes of at least 4 members (excludes halogenated alkanes) is 1. The number of ether oxygens (including phenoxy) is 1. The van der Waals surface area contributed by atoms with Crippen LogP contribution >= 0.6 is 0 Å². The second-order valence-corrected chi connectivity index (χ2v) is 3.51. The maximum absolute atomic E-state index is 5.24. The van der Waals surface area contributed by atoms with Crippen molar-refractivity contribution in [3.63, 3.8) is 0 Å². The van der Waals surface area contributed by atoms with E-state index in [1.807, 2.05) is 6.92 Å². The van der Waals surface area contributed by atoms with Gasteiger partial charge >= 0.3 is 0 Å². The number of allylic oxidation sites excluding steroid dienone is 1. The van der Waals surface area contributed by atoms with Crippen molar-refractivity contribution in [2.24, 2.45) is 5.92 Å². The summed E-state index contributed by atoms with van der Waals surface area (Å²) >= 11 is 0. The minimum Gasteiger partial charge on any atom is -0.389 e. The van der Waals surface area contributed by atoms with E-state index in [2.05, 4.69) is 25.7 Å². The number of rotatable bonds is 8. The number of hydrogen-bond acceptors (Lipinski definition) is 2. The molecule has 0 spiro atoms. The Morgan fingerprint density at radius 2 is 2.15 bits per heavy atom. The van der Waals surface area contributed by atoms with Crippen molar-refractivity contribution in [2.75, 3.05) is 19.8 Å². The summed E-state index contributed by atoms with van der Waals surface area (Å²) in [6, 6.07) is 0. The van der Waals surface area contributed by atoms with Gasteiger partial charge in [0.25, 0.3) is 0 Å². The van der Waals surface area contributed by atoms with Crippen molar-refractivity contribution in [1.29, 1.82) is 0 Å². The van der Waals surface area contributed by atoms with Crippen LogP contribution in [-0.2, 0) is 4.74 Å². The molecule has 0 aromatic rings. The van der Waals surface area contributed by atoms with Crippen molar-refractivity contribution in [1.82, 2.24) is 5.32 Å². The van der Waals surface area contributed by atoms with E-state index in [0.29, 0.717) is 5.92 Å². The zero-order valence-electron chi connectivity index (χ0n) is 9.23. The molecule has 0 aliphatic carbocycles. The molecule has 1 N–H and O–H groups in total. The molecule has 0 saturated heterocycles. The first kappa shape index (κ1) is 12.5. The van der Waals surface area contributed by atoms with Gasteiger partial charge in [-0.05, 0) is 25.7 Å². The molecule has 0 bridgehead atoms. The van der Waals surface area contributed by atoms with Crippen LogP contribution in [0.5, 0.6) is 0 Å². The molecule has 0 fully saturated rings. The third kappa shape index (κ3) is 7.85. The largest absolute Gasteiger partial charge is 0.389 e. The van der Waals surface area contributed by atoms with E-state index in [4.69, 9.17) is 4.74 Å². The highest BCUT2D eigenvalue weighted by molar-refractivity contribution is 4.93. The lowest BCUT2D eigenvalue weighted by Gasteiger charge is -2.12. The summed E-state index contributed by atoms with van der Waals surface area (Å²) in [5.74, 6) is 0.534. The molecule has 0 unspecified atom stereocenters. The second-order valence-electron chi connectivity index (χ2n) is 3.51. The topological polar surface area (TPSA) is 21.3 Å². The van der Waals surface area contributed by atoms with Gasteiger partial charge in [-0.2, -0.15) is 0 Å². The van der Waals surface area contributed by atoms with Crippen molar-refractivity contribution < 1.29 is 6.16 Å². The zero-order valence-corrected chi connectivity index (χ0v) is 9.23. The molecule has 0 radical (unpaired) electrons. The van der Waals surface area contributed by atoms with E-state index in [-0.39, 0.29) is 1.43 Å². The van der Waals surface area contributed by atoms with E-state index in [0.717, 1.165) is 38.3 Å². The number of nitrogens with one attached hydrogen (secondary N) is 1. The van der Waals surface area contributed by atoms with Crippen LogP contribution in [-0.4, -0.2) is 19.8 Å². The van der Waals surface area contributed by atoms with Crippen LogP contribution in [0.3, 0.4) is 0 Å². The van der Waals surface area contributed by atoms with Crippen LogP contribution in [0.2, 0.25) is 0 Å². The molecule has 0 heterocycles. The van der Waals surface area contributed by atoms with E-state index in [1.165, 1.54) is 0 Å². The Morgan fingerprint density at radius 1 is 1.46 bits per heavy atom. The normalized spacial score (nSPS) is 10.5. The molecular weight excluding hydrogens is 162 g/mol. The van der Waals surface area contributed by atoms with Crippen LogP contribution in [0.15, 0.2) is 12.3 Å². The fourth-order valence-electron chi connectivity index (χ4n) is 0.927. The van der Waals surface area contributed by atoms with Crippen molar-refractivity contribution in [3.05, 3.63) is 12.3 Å². The Morgan fingerprint density at radius 3 is 2.69 bits per heavy atom. The number of hydrogen-bond donors (Lipinski definition) is 1. The van der Waals surface area contributed by atoms with Gasteiger partial charge in [0.2, 0.25) is 0 Å². The lowest BCUT2D eigenvalue weighted by atomic mass is 10.1. The Hall–Kier alpha value is -0.500. The molecule has 0 aromatic carbocycles. The highest BCUT2D eigenvalue weighted by Gasteiger charge is 1.97. The van der Waals surface area contributed by atoms with Gasteiger partial charge in [-0.15, -0.1) is 0 Å². The van der Waals surface area contributed by atoms with Crippen LogP contribution in [0.4, 0.5) is 0 Å². The third-order valence-electron chi connectivity index (χ3n) is 1.97. The molecule has 13 heavy (non-hydrogen) atoms. The molecule has 80 valence electrons. The first-order chi connectivity index (χ1) is 6.18. The minimum absolute atomic E-state index is 0. The fourth-order valence-corrected chi connectivity index (χ4v) is 0.927. The van der Waals surface area contributed by atoms with Gasteiger partial charge in [-0.3, -0.25) is 0 Å². The summed E-state index contributed by atoms with van der Waals surface area (Å²) in [6.45, 7) is 13.0. The molecule has 0 aromatic heterocycles. The van der Waals surface area contributed by atoms with Gasteiger partial charge in [-0.25, -0.2) is 0 Å². The average Bonchev–Trinajstić information content (AvgIpc) is 2.10.